The number of hydrogen-bond donors (Lipinski definition) is 2. The second kappa shape index (κ2) is 12.6. The third kappa shape index (κ3) is 9.52. The molecule has 14 heteroatoms. The zero-order valence-electron chi connectivity index (χ0n) is 19.6. The molecule has 2 atom stereocenters. The molecule has 4 rings (SSSR count). The second-order valence-electron chi connectivity index (χ2n) is 9.30. The molecule has 7 nitrogen and oxygen atoms in total. The van der Waals surface area contributed by atoms with Crippen LogP contribution in [0.25, 0.3) is 0 Å². The highest BCUT2D eigenvalue weighted by atomic mass is 32.1. The fourth-order valence-corrected chi connectivity index (χ4v) is 5.33. The molecule has 2 saturated heterocycles. The van der Waals surface area contributed by atoms with E-state index in [0.717, 1.165) is 25.0 Å². The lowest BCUT2D eigenvalue weighted by molar-refractivity contribution is -0.193. The van der Waals surface area contributed by atoms with Crippen molar-refractivity contribution < 1.29 is 50.9 Å². The van der Waals surface area contributed by atoms with Crippen molar-refractivity contribution in [2.75, 3.05) is 46.4 Å². The number of methoxy groups -OCH3 is 1. The Labute approximate surface area is 208 Å². The summed E-state index contributed by atoms with van der Waals surface area (Å²) in [6.45, 7) is 8.51. The van der Waals surface area contributed by atoms with Gasteiger partial charge in [0.05, 0.1) is 6.61 Å². The summed E-state index contributed by atoms with van der Waals surface area (Å²) in [5.74, 6) is -3.79. The van der Waals surface area contributed by atoms with Gasteiger partial charge in [0.2, 0.25) is 0 Å². The van der Waals surface area contributed by atoms with Crippen molar-refractivity contribution in [2.45, 2.75) is 38.2 Å². The minimum absolute atomic E-state index is 0.488. The molecule has 3 aliphatic rings. The molecule has 3 fully saturated rings. The van der Waals surface area contributed by atoms with Gasteiger partial charge in [0.25, 0.3) is 0 Å². The minimum atomic E-state index is -5.08. The average Bonchev–Trinajstić information content (AvgIpc) is 3.13. The van der Waals surface area contributed by atoms with Crippen molar-refractivity contribution in [3.8, 4) is 0 Å². The monoisotopic (exact) mass is 548 g/mol. The van der Waals surface area contributed by atoms with Crippen molar-refractivity contribution in [3.05, 3.63) is 22.4 Å². The van der Waals surface area contributed by atoms with E-state index in [1.807, 2.05) is 18.4 Å². The van der Waals surface area contributed by atoms with E-state index in [0.29, 0.717) is 5.41 Å². The van der Waals surface area contributed by atoms with E-state index in [1.54, 1.807) is 0 Å². The Morgan fingerprint density at radius 1 is 1.08 bits per heavy atom. The lowest BCUT2D eigenvalue weighted by Crippen LogP contribution is -2.36. The Morgan fingerprint density at radius 2 is 1.64 bits per heavy atom. The quantitative estimate of drug-likeness (QED) is 0.516. The van der Waals surface area contributed by atoms with Gasteiger partial charge in [-0.3, -0.25) is 4.90 Å². The number of carboxylic acid groups (broad SMARTS) is 2. The molecule has 1 aliphatic carbocycles. The van der Waals surface area contributed by atoms with Gasteiger partial charge >= 0.3 is 24.3 Å². The van der Waals surface area contributed by atoms with E-state index in [1.165, 1.54) is 56.9 Å². The Hall–Kier alpha value is -1.90. The minimum Gasteiger partial charge on any atom is -0.475 e. The molecule has 1 aromatic rings. The highest BCUT2D eigenvalue weighted by molar-refractivity contribution is 7.09. The van der Waals surface area contributed by atoms with Crippen LogP contribution in [0.5, 0.6) is 0 Å². The van der Waals surface area contributed by atoms with Crippen LogP contribution in [-0.2, 0) is 20.9 Å². The van der Waals surface area contributed by atoms with Gasteiger partial charge in [-0.2, -0.15) is 26.3 Å². The van der Waals surface area contributed by atoms with Crippen LogP contribution in [0.4, 0.5) is 26.3 Å². The fraction of sp³-hybridized carbons (Fsp3) is 0.727. The van der Waals surface area contributed by atoms with Crippen LogP contribution >= 0.6 is 11.3 Å². The largest absolute Gasteiger partial charge is 0.490 e. The third-order valence-electron chi connectivity index (χ3n) is 6.37. The molecule has 0 unspecified atom stereocenters. The van der Waals surface area contributed by atoms with Gasteiger partial charge < -0.3 is 19.8 Å². The SMILES string of the molecule is COC[C@@H]1CN(CC2CC2)C[C@@]12CCN(Cc1cccs1)C2.O=C(O)C(F)(F)F.O=C(O)C(F)(F)F. The number of nitrogens with zero attached hydrogens (tertiary/aromatic N) is 2. The molecular formula is C22H30F6N2O5S. The zero-order valence-corrected chi connectivity index (χ0v) is 20.5. The molecule has 0 radical (unpaired) electrons. The van der Waals surface area contributed by atoms with Crippen LogP contribution in [-0.4, -0.2) is 90.7 Å². The summed E-state index contributed by atoms with van der Waals surface area (Å²) in [5.41, 5.74) is 0.488. The predicted molar refractivity (Wildman–Crippen MR) is 119 cm³/mol. The van der Waals surface area contributed by atoms with Crippen LogP contribution in [0.2, 0.25) is 0 Å². The number of likely N-dealkylation sites (tertiary alicyclic amines) is 2. The first-order chi connectivity index (χ1) is 16.7. The summed E-state index contributed by atoms with van der Waals surface area (Å²) < 4.78 is 69.1. The number of aliphatic carboxylic acids is 2. The summed E-state index contributed by atoms with van der Waals surface area (Å²) in [7, 11) is 1.87. The number of carbonyl (C=O) groups is 2. The van der Waals surface area contributed by atoms with Crippen LogP contribution < -0.4 is 0 Å². The third-order valence-corrected chi connectivity index (χ3v) is 7.23. The number of hydrogen-bond acceptors (Lipinski definition) is 6. The molecule has 1 spiro atoms. The number of rotatable bonds is 6. The van der Waals surface area contributed by atoms with Crippen LogP contribution in [0.15, 0.2) is 17.5 Å². The highest BCUT2D eigenvalue weighted by Crippen LogP contribution is 2.45. The molecule has 0 amide bonds. The molecule has 3 heterocycles. The van der Waals surface area contributed by atoms with Gasteiger partial charge in [0.15, 0.2) is 0 Å². The maximum atomic E-state index is 10.6. The van der Waals surface area contributed by atoms with E-state index < -0.39 is 24.3 Å². The standard InChI is InChI=1S/C18H28N2OS.2C2HF3O2/c1-21-12-16-10-20(9-15-4-5-15)14-18(16)6-7-19(13-18)11-17-3-2-8-22-17;2*3-2(4,5)1(6)7/h2-3,8,15-16H,4-7,9-14H2,1H3;2*(H,6,7)/t16-,18-;;/m0../s1. The first-order valence-electron chi connectivity index (χ1n) is 11.2. The molecule has 1 saturated carbocycles. The van der Waals surface area contributed by atoms with Crippen LogP contribution in [0, 0.1) is 17.3 Å². The van der Waals surface area contributed by atoms with Gasteiger partial charge in [-0.25, -0.2) is 9.59 Å². The maximum absolute atomic E-state index is 10.6. The highest BCUT2D eigenvalue weighted by Gasteiger charge is 2.50. The van der Waals surface area contributed by atoms with Crippen molar-refractivity contribution in [1.29, 1.82) is 0 Å². The Morgan fingerprint density at radius 3 is 2.08 bits per heavy atom. The number of halogens is 6. The summed E-state index contributed by atoms with van der Waals surface area (Å²) >= 11 is 1.89. The van der Waals surface area contributed by atoms with Gasteiger partial charge in [-0.15, -0.1) is 11.3 Å². The normalized spacial score (nSPS) is 24.7. The van der Waals surface area contributed by atoms with Crippen molar-refractivity contribution in [1.82, 2.24) is 9.80 Å². The van der Waals surface area contributed by atoms with Gasteiger partial charge in [0, 0.05) is 56.0 Å². The maximum Gasteiger partial charge on any atom is 0.490 e. The molecule has 0 bridgehead atoms. The average molecular weight is 549 g/mol. The topological polar surface area (TPSA) is 90.3 Å². The van der Waals surface area contributed by atoms with E-state index in [9.17, 15) is 26.3 Å². The van der Waals surface area contributed by atoms with E-state index in [2.05, 4.69) is 27.3 Å². The van der Waals surface area contributed by atoms with Crippen molar-refractivity contribution in [2.24, 2.45) is 17.3 Å². The fourth-order valence-electron chi connectivity index (χ4n) is 4.58. The summed E-state index contributed by atoms with van der Waals surface area (Å²) in [6.07, 6.45) is -5.89. The number of ether oxygens (including phenoxy) is 1. The van der Waals surface area contributed by atoms with E-state index >= 15 is 0 Å². The van der Waals surface area contributed by atoms with Gasteiger partial charge in [0.1, 0.15) is 0 Å². The lowest BCUT2D eigenvalue weighted by atomic mass is 9.77. The molecule has 2 N–H and O–H groups in total. The molecule has 2 aliphatic heterocycles. The first kappa shape index (κ1) is 30.3. The summed E-state index contributed by atoms with van der Waals surface area (Å²) in [6, 6.07) is 4.45. The van der Waals surface area contributed by atoms with Crippen LogP contribution in [0.1, 0.15) is 24.1 Å². The van der Waals surface area contributed by atoms with Gasteiger partial charge in [-0.05, 0) is 43.2 Å². The van der Waals surface area contributed by atoms with Crippen molar-refractivity contribution >= 4 is 23.3 Å². The van der Waals surface area contributed by atoms with Gasteiger partial charge in [-0.1, -0.05) is 6.07 Å². The number of carboxylic acids is 2. The van der Waals surface area contributed by atoms with E-state index in [4.69, 9.17) is 24.5 Å². The Kier molecular flexibility index (Phi) is 10.6. The predicted octanol–water partition coefficient (Wildman–Crippen LogP) is 4.20. The molecule has 36 heavy (non-hydrogen) atoms. The number of alkyl halides is 6. The summed E-state index contributed by atoms with van der Waals surface area (Å²) in [5, 5.41) is 16.4. The first-order valence-corrected chi connectivity index (χ1v) is 12.1. The number of thiophene rings is 1. The van der Waals surface area contributed by atoms with Crippen LogP contribution in [0.3, 0.4) is 0 Å². The second-order valence-corrected chi connectivity index (χ2v) is 10.3. The summed E-state index contributed by atoms with van der Waals surface area (Å²) in [4.78, 5) is 24.7. The smallest absolute Gasteiger partial charge is 0.475 e. The van der Waals surface area contributed by atoms with Crippen molar-refractivity contribution in [3.63, 3.8) is 0 Å². The Balaban J connectivity index is 0.000000271. The van der Waals surface area contributed by atoms with E-state index in [-0.39, 0.29) is 0 Å². The lowest BCUT2D eigenvalue weighted by Gasteiger charge is -2.30. The molecule has 1 aromatic heterocycles. The zero-order chi connectivity index (χ0) is 27.1. The Bertz CT molecular complexity index is 823. The molecule has 0 aromatic carbocycles. The molecule has 206 valence electrons. The molecular weight excluding hydrogens is 518 g/mol.